The van der Waals surface area contributed by atoms with Crippen molar-refractivity contribution in [3.05, 3.63) is 59.9 Å². The summed E-state index contributed by atoms with van der Waals surface area (Å²) in [6.45, 7) is 4.60. The van der Waals surface area contributed by atoms with Gasteiger partial charge in [-0.05, 0) is 50.2 Å². The SMILES string of the molecule is CCN1c2ccccc2N[C@H]2C(C(=O)Oc3ccc(O)cc3)=C(C)O[C@H]21. The summed E-state index contributed by atoms with van der Waals surface area (Å²) >= 11 is 0. The molecule has 0 aromatic heterocycles. The van der Waals surface area contributed by atoms with Crippen LogP contribution in [0.25, 0.3) is 0 Å². The number of allylic oxidation sites excluding steroid dienone is 1. The van der Waals surface area contributed by atoms with Crippen LogP contribution in [-0.4, -0.2) is 29.9 Å². The van der Waals surface area contributed by atoms with E-state index in [1.165, 1.54) is 12.1 Å². The molecule has 0 saturated carbocycles. The number of anilines is 2. The molecule has 0 spiro atoms. The molecule has 4 rings (SSSR count). The minimum absolute atomic E-state index is 0.119. The van der Waals surface area contributed by atoms with Gasteiger partial charge >= 0.3 is 5.97 Å². The Kier molecular flexibility index (Phi) is 3.95. The molecule has 0 amide bonds. The van der Waals surface area contributed by atoms with Crippen molar-refractivity contribution >= 4 is 17.3 Å². The van der Waals surface area contributed by atoms with Gasteiger partial charge < -0.3 is 24.8 Å². The van der Waals surface area contributed by atoms with Crippen molar-refractivity contribution in [2.75, 3.05) is 16.8 Å². The number of para-hydroxylation sites is 2. The molecule has 134 valence electrons. The van der Waals surface area contributed by atoms with E-state index in [1.54, 1.807) is 19.1 Å². The van der Waals surface area contributed by atoms with Gasteiger partial charge in [0.25, 0.3) is 0 Å². The van der Waals surface area contributed by atoms with Gasteiger partial charge in [0.05, 0.1) is 11.4 Å². The van der Waals surface area contributed by atoms with Crippen molar-refractivity contribution in [2.24, 2.45) is 0 Å². The van der Waals surface area contributed by atoms with Gasteiger partial charge in [0.1, 0.15) is 28.9 Å². The highest BCUT2D eigenvalue weighted by Crippen LogP contribution is 2.41. The molecule has 0 fully saturated rings. The third kappa shape index (κ3) is 2.63. The standard InChI is InChI=1S/C20H20N2O4/c1-3-22-16-7-5-4-6-15(16)21-18-17(12(2)25-19(18)22)20(24)26-14-10-8-13(23)9-11-14/h4-11,18-19,21,23H,3H2,1-2H3/t18-,19+/m0/s1. The van der Waals surface area contributed by atoms with Gasteiger partial charge in [-0.25, -0.2) is 4.79 Å². The predicted octanol–water partition coefficient (Wildman–Crippen LogP) is 3.25. The average Bonchev–Trinajstić information content (AvgIpc) is 2.97. The first-order chi connectivity index (χ1) is 12.6. The van der Waals surface area contributed by atoms with Gasteiger partial charge in [-0.1, -0.05) is 12.1 Å². The number of nitrogens with zero attached hydrogens (tertiary/aromatic N) is 1. The first-order valence-corrected chi connectivity index (χ1v) is 8.59. The minimum Gasteiger partial charge on any atom is -0.508 e. The van der Waals surface area contributed by atoms with Gasteiger partial charge in [-0.15, -0.1) is 0 Å². The summed E-state index contributed by atoms with van der Waals surface area (Å²) in [5.41, 5.74) is 2.50. The molecule has 2 aromatic carbocycles. The van der Waals surface area contributed by atoms with E-state index in [9.17, 15) is 9.90 Å². The Morgan fingerprint density at radius 1 is 1.23 bits per heavy atom. The van der Waals surface area contributed by atoms with Crippen LogP contribution in [0.4, 0.5) is 11.4 Å². The smallest absolute Gasteiger partial charge is 0.345 e. The number of ether oxygens (including phenoxy) is 2. The van der Waals surface area contributed by atoms with Crippen molar-refractivity contribution in [1.29, 1.82) is 0 Å². The predicted molar refractivity (Wildman–Crippen MR) is 98.2 cm³/mol. The minimum atomic E-state index is -0.455. The Hall–Kier alpha value is -3.15. The second-order valence-corrected chi connectivity index (χ2v) is 6.29. The largest absolute Gasteiger partial charge is 0.508 e. The van der Waals surface area contributed by atoms with Crippen LogP contribution in [0.5, 0.6) is 11.5 Å². The van der Waals surface area contributed by atoms with Gasteiger partial charge in [0.2, 0.25) is 0 Å². The number of likely N-dealkylation sites (N-methyl/N-ethyl adjacent to an activating group) is 1. The molecule has 0 radical (unpaired) electrons. The Bertz CT molecular complexity index is 876. The average molecular weight is 352 g/mol. The zero-order valence-corrected chi connectivity index (χ0v) is 14.6. The lowest BCUT2D eigenvalue weighted by atomic mass is 10.0. The van der Waals surface area contributed by atoms with E-state index in [-0.39, 0.29) is 18.0 Å². The molecule has 0 unspecified atom stereocenters. The normalized spacial score (nSPS) is 20.8. The highest BCUT2D eigenvalue weighted by atomic mass is 16.5. The first-order valence-electron chi connectivity index (χ1n) is 8.59. The van der Waals surface area contributed by atoms with Gasteiger partial charge in [-0.3, -0.25) is 0 Å². The summed E-state index contributed by atoms with van der Waals surface area (Å²) < 4.78 is 11.5. The maximum atomic E-state index is 12.8. The van der Waals surface area contributed by atoms with E-state index in [2.05, 4.69) is 17.1 Å². The summed E-state index contributed by atoms with van der Waals surface area (Å²) in [5.74, 6) is 0.597. The number of rotatable bonds is 3. The lowest BCUT2D eigenvalue weighted by Gasteiger charge is -2.40. The number of phenolic OH excluding ortho intramolecular Hbond substituents is 1. The fraction of sp³-hybridized carbons (Fsp3) is 0.250. The monoisotopic (exact) mass is 352 g/mol. The molecule has 0 saturated heterocycles. The Labute approximate surface area is 151 Å². The van der Waals surface area contributed by atoms with E-state index in [1.807, 2.05) is 24.3 Å². The van der Waals surface area contributed by atoms with Crippen LogP contribution in [0.2, 0.25) is 0 Å². The quantitative estimate of drug-likeness (QED) is 0.653. The highest BCUT2D eigenvalue weighted by molar-refractivity contribution is 5.94. The van der Waals surface area contributed by atoms with Crippen LogP contribution < -0.4 is 15.0 Å². The molecule has 2 heterocycles. The van der Waals surface area contributed by atoms with Crippen molar-refractivity contribution in [2.45, 2.75) is 26.1 Å². The van der Waals surface area contributed by atoms with Crippen LogP contribution >= 0.6 is 0 Å². The maximum Gasteiger partial charge on any atom is 0.345 e. The molecule has 6 nitrogen and oxygen atoms in total. The van der Waals surface area contributed by atoms with E-state index >= 15 is 0 Å². The number of benzene rings is 2. The number of fused-ring (bicyclic) bond motifs is 2. The Balaban J connectivity index is 1.62. The van der Waals surface area contributed by atoms with Crippen molar-refractivity contribution in [3.63, 3.8) is 0 Å². The zero-order valence-electron chi connectivity index (χ0n) is 14.6. The number of carbonyl (C=O) groups excluding carboxylic acids is 1. The van der Waals surface area contributed by atoms with Gasteiger partial charge in [0.15, 0.2) is 6.23 Å². The zero-order chi connectivity index (χ0) is 18.3. The molecular formula is C20H20N2O4. The summed E-state index contributed by atoms with van der Waals surface area (Å²) in [6, 6.07) is 13.7. The second kappa shape index (κ2) is 6.29. The molecule has 26 heavy (non-hydrogen) atoms. The number of carbonyl (C=O) groups is 1. The Morgan fingerprint density at radius 3 is 2.69 bits per heavy atom. The summed E-state index contributed by atoms with van der Waals surface area (Å²) in [7, 11) is 0. The van der Waals surface area contributed by atoms with Crippen LogP contribution in [-0.2, 0) is 9.53 Å². The van der Waals surface area contributed by atoms with E-state index in [0.29, 0.717) is 17.1 Å². The van der Waals surface area contributed by atoms with Gasteiger partial charge in [0, 0.05) is 6.54 Å². The molecule has 2 aromatic rings. The number of hydrogen-bond acceptors (Lipinski definition) is 6. The fourth-order valence-corrected chi connectivity index (χ4v) is 3.51. The lowest BCUT2D eigenvalue weighted by Crippen LogP contribution is -2.51. The number of esters is 1. The van der Waals surface area contributed by atoms with Crippen LogP contribution in [0.3, 0.4) is 0 Å². The molecule has 6 heteroatoms. The molecule has 2 aliphatic heterocycles. The molecule has 0 bridgehead atoms. The number of hydrogen-bond donors (Lipinski definition) is 2. The molecule has 0 aliphatic carbocycles. The van der Waals surface area contributed by atoms with E-state index in [0.717, 1.165) is 17.9 Å². The third-order valence-corrected chi connectivity index (χ3v) is 4.71. The molecule has 2 N–H and O–H groups in total. The number of nitrogens with one attached hydrogen (secondary N) is 1. The maximum absolute atomic E-state index is 12.8. The molecule has 2 atom stereocenters. The van der Waals surface area contributed by atoms with Gasteiger partial charge in [-0.2, -0.15) is 0 Å². The summed E-state index contributed by atoms with van der Waals surface area (Å²) in [4.78, 5) is 14.9. The Morgan fingerprint density at radius 2 is 1.96 bits per heavy atom. The van der Waals surface area contributed by atoms with Crippen molar-refractivity contribution < 1.29 is 19.4 Å². The number of phenols is 1. The summed E-state index contributed by atoms with van der Waals surface area (Å²) in [6.07, 6.45) is -0.294. The highest BCUT2D eigenvalue weighted by Gasteiger charge is 2.46. The van der Waals surface area contributed by atoms with Crippen LogP contribution in [0.15, 0.2) is 59.9 Å². The van der Waals surface area contributed by atoms with Crippen LogP contribution in [0.1, 0.15) is 13.8 Å². The molecule has 2 aliphatic rings. The van der Waals surface area contributed by atoms with E-state index < -0.39 is 5.97 Å². The first kappa shape index (κ1) is 16.3. The third-order valence-electron chi connectivity index (χ3n) is 4.71. The van der Waals surface area contributed by atoms with Crippen molar-refractivity contribution in [1.82, 2.24) is 0 Å². The second-order valence-electron chi connectivity index (χ2n) is 6.29. The number of aromatic hydroxyl groups is 1. The van der Waals surface area contributed by atoms with Crippen LogP contribution in [0, 0.1) is 0 Å². The lowest BCUT2D eigenvalue weighted by molar-refractivity contribution is -0.130. The topological polar surface area (TPSA) is 71.0 Å². The van der Waals surface area contributed by atoms with Crippen molar-refractivity contribution in [3.8, 4) is 11.5 Å². The fourth-order valence-electron chi connectivity index (χ4n) is 3.51. The van der Waals surface area contributed by atoms with E-state index in [4.69, 9.17) is 9.47 Å². The molecular weight excluding hydrogens is 332 g/mol. The summed E-state index contributed by atoms with van der Waals surface area (Å²) in [5, 5.41) is 12.8.